The maximum Gasteiger partial charge on any atom is 0.303 e. The molecule has 1 amide bonds. The maximum atomic E-state index is 13.3. The van der Waals surface area contributed by atoms with Crippen LogP contribution in [0.4, 0.5) is 0 Å². The van der Waals surface area contributed by atoms with Crippen LogP contribution in [0.2, 0.25) is 0 Å². The van der Waals surface area contributed by atoms with Crippen LogP contribution in [0.3, 0.4) is 0 Å². The molecule has 5 atom stereocenters. The van der Waals surface area contributed by atoms with Gasteiger partial charge in [0.1, 0.15) is 24.2 Å². The summed E-state index contributed by atoms with van der Waals surface area (Å²) in [6.45, 7) is 6.85. The van der Waals surface area contributed by atoms with E-state index in [2.05, 4.69) is 0 Å². The van der Waals surface area contributed by atoms with Crippen molar-refractivity contribution in [2.24, 2.45) is 0 Å². The lowest BCUT2D eigenvalue weighted by molar-refractivity contribution is -0.222. The molecule has 2 aromatic carbocycles. The third kappa shape index (κ3) is 8.62. The summed E-state index contributed by atoms with van der Waals surface area (Å²) in [5, 5.41) is 0. The van der Waals surface area contributed by atoms with Gasteiger partial charge in [-0.05, 0) is 36.8 Å². The maximum absolute atomic E-state index is 13.3. The fraction of sp³-hybridized carbons (Fsp3) is 0.467. The largest absolute Gasteiger partial charge is 0.493 e. The number of carbonyl (C=O) groups is 4. The number of hydrogen-bond donors (Lipinski definition) is 0. The Hall–Kier alpha value is -3.77. The molecule has 2 aromatic rings. The minimum atomic E-state index is -1.18. The van der Waals surface area contributed by atoms with Crippen LogP contribution < -0.4 is 9.47 Å². The fourth-order valence-electron chi connectivity index (χ4n) is 4.66. The number of benzene rings is 2. The Balaban J connectivity index is 2.14. The second kappa shape index (κ2) is 14.9. The molecule has 0 bridgehead atoms. The molecule has 1 aliphatic rings. The van der Waals surface area contributed by atoms with Gasteiger partial charge in [-0.3, -0.25) is 19.2 Å². The summed E-state index contributed by atoms with van der Waals surface area (Å²) in [5.41, 5.74) is 0.933. The number of aryl methyl sites for hydroxylation is 1. The third-order valence-corrected chi connectivity index (χ3v) is 7.67. The first-order valence-corrected chi connectivity index (χ1v) is 14.2. The Kier molecular flexibility index (Phi) is 11.6. The SMILES string of the molecule is COc1ccc(CN(C(C)=O)[C@@H]2[C@@H](OC(C)=O)[C@H](OC(C)=O)[C@@H](COC(C)=O)O[C@H]2Sc2ccc(C)cc2)cc1OC. The van der Waals surface area contributed by atoms with E-state index < -0.39 is 47.7 Å². The Labute approximate surface area is 249 Å². The first-order valence-electron chi connectivity index (χ1n) is 13.3. The molecule has 0 N–H and O–H groups in total. The Morgan fingerprint density at radius 2 is 1.45 bits per heavy atom. The highest BCUT2D eigenvalue weighted by Crippen LogP contribution is 2.39. The van der Waals surface area contributed by atoms with Crippen LogP contribution in [0.15, 0.2) is 47.4 Å². The van der Waals surface area contributed by atoms with Crippen molar-refractivity contribution in [2.45, 2.75) is 75.8 Å². The first kappa shape index (κ1) is 32.7. The average molecular weight is 604 g/mol. The number of thioether (sulfide) groups is 1. The number of rotatable bonds is 11. The van der Waals surface area contributed by atoms with Gasteiger partial charge >= 0.3 is 17.9 Å². The van der Waals surface area contributed by atoms with Crippen LogP contribution >= 0.6 is 11.8 Å². The van der Waals surface area contributed by atoms with Crippen LogP contribution in [-0.4, -0.2) is 79.3 Å². The van der Waals surface area contributed by atoms with Gasteiger partial charge in [-0.2, -0.15) is 0 Å². The van der Waals surface area contributed by atoms with Crippen molar-refractivity contribution < 1.29 is 47.6 Å². The summed E-state index contributed by atoms with van der Waals surface area (Å²) >= 11 is 1.31. The zero-order valence-corrected chi connectivity index (χ0v) is 25.6. The molecule has 0 radical (unpaired) electrons. The second-order valence-electron chi connectivity index (χ2n) is 9.75. The summed E-state index contributed by atoms with van der Waals surface area (Å²) < 4.78 is 33.9. The van der Waals surface area contributed by atoms with Gasteiger partial charge in [0, 0.05) is 39.1 Å². The number of amides is 1. The smallest absolute Gasteiger partial charge is 0.303 e. The Morgan fingerprint density at radius 1 is 0.833 bits per heavy atom. The summed E-state index contributed by atoms with van der Waals surface area (Å²) in [6, 6.07) is 12.0. The van der Waals surface area contributed by atoms with Crippen LogP contribution in [0.25, 0.3) is 0 Å². The van der Waals surface area contributed by atoms with Crippen molar-refractivity contribution in [1.82, 2.24) is 4.90 Å². The summed E-state index contributed by atoms with van der Waals surface area (Å²) in [7, 11) is 3.04. The molecular formula is C30H37NO10S. The monoisotopic (exact) mass is 603 g/mol. The number of hydrogen-bond acceptors (Lipinski definition) is 11. The van der Waals surface area contributed by atoms with Gasteiger partial charge in [-0.15, -0.1) is 0 Å². The van der Waals surface area contributed by atoms with E-state index in [-0.39, 0.29) is 19.1 Å². The Morgan fingerprint density at radius 3 is 2.00 bits per heavy atom. The highest BCUT2D eigenvalue weighted by Gasteiger charge is 2.53. The van der Waals surface area contributed by atoms with E-state index in [1.54, 1.807) is 18.2 Å². The molecule has 1 saturated heterocycles. The molecule has 0 aliphatic carbocycles. The lowest BCUT2D eigenvalue weighted by atomic mass is 9.95. The van der Waals surface area contributed by atoms with Crippen molar-refractivity contribution in [3.63, 3.8) is 0 Å². The zero-order chi connectivity index (χ0) is 31.0. The van der Waals surface area contributed by atoms with E-state index in [9.17, 15) is 19.2 Å². The van der Waals surface area contributed by atoms with Crippen molar-refractivity contribution in [3.05, 3.63) is 53.6 Å². The topological polar surface area (TPSA) is 127 Å². The van der Waals surface area contributed by atoms with Gasteiger partial charge in [-0.1, -0.05) is 35.5 Å². The van der Waals surface area contributed by atoms with Gasteiger partial charge in [0.05, 0.1) is 14.2 Å². The average Bonchev–Trinajstić information content (AvgIpc) is 2.93. The van der Waals surface area contributed by atoms with Gasteiger partial charge in [0.25, 0.3) is 0 Å². The normalized spacial score (nSPS) is 21.5. The molecule has 0 spiro atoms. The van der Waals surface area contributed by atoms with E-state index in [4.69, 9.17) is 28.4 Å². The molecule has 0 aromatic heterocycles. The molecule has 12 heteroatoms. The van der Waals surface area contributed by atoms with Gasteiger partial charge < -0.3 is 33.3 Å². The molecule has 228 valence electrons. The first-order chi connectivity index (χ1) is 19.9. The van der Waals surface area contributed by atoms with Gasteiger partial charge in [0.15, 0.2) is 23.7 Å². The molecule has 11 nitrogen and oxygen atoms in total. The number of nitrogens with zero attached hydrogens (tertiary/aromatic N) is 1. The molecule has 3 rings (SSSR count). The minimum Gasteiger partial charge on any atom is -0.493 e. The predicted octanol–water partition coefficient (Wildman–Crippen LogP) is 3.67. The van der Waals surface area contributed by atoms with Crippen LogP contribution in [0, 0.1) is 6.92 Å². The number of esters is 3. The third-order valence-electron chi connectivity index (χ3n) is 6.51. The number of methoxy groups -OCH3 is 2. The quantitative estimate of drug-likeness (QED) is 0.276. The van der Waals surface area contributed by atoms with E-state index in [1.807, 2.05) is 31.2 Å². The number of carbonyl (C=O) groups excluding carboxylic acids is 4. The van der Waals surface area contributed by atoms with Crippen LogP contribution in [-0.2, 0) is 44.7 Å². The van der Waals surface area contributed by atoms with Gasteiger partial charge in [0.2, 0.25) is 5.91 Å². The van der Waals surface area contributed by atoms with Crippen molar-refractivity contribution in [2.75, 3.05) is 20.8 Å². The summed E-state index contributed by atoms with van der Waals surface area (Å²) in [4.78, 5) is 52.0. The standard InChI is InChI=1S/C30H37NO10S/c1-17-8-11-23(12-9-17)42-30-27(31(18(2)32)15-22-10-13-24(36-6)25(14-22)37-7)29(40-21(5)35)28(39-20(4)34)26(41-30)16-38-19(3)33/h8-14,26-30H,15-16H2,1-7H3/t26-,27-,28-,29-,30+/m1/s1. The van der Waals surface area contributed by atoms with Crippen molar-refractivity contribution >= 4 is 35.6 Å². The lowest BCUT2D eigenvalue weighted by Gasteiger charge is -2.48. The zero-order valence-electron chi connectivity index (χ0n) is 24.8. The fourth-order valence-corrected chi connectivity index (χ4v) is 5.86. The van der Waals surface area contributed by atoms with Crippen molar-refractivity contribution in [1.29, 1.82) is 0 Å². The van der Waals surface area contributed by atoms with Crippen molar-refractivity contribution in [3.8, 4) is 11.5 Å². The van der Waals surface area contributed by atoms with E-state index in [0.29, 0.717) is 17.1 Å². The molecule has 42 heavy (non-hydrogen) atoms. The molecule has 1 aliphatic heterocycles. The highest BCUT2D eigenvalue weighted by molar-refractivity contribution is 7.99. The molecule has 1 heterocycles. The second-order valence-corrected chi connectivity index (χ2v) is 10.9. The van der Waals surface area contributed by atoms with E-state index in [1.165, 1.54) is 58.6 Å². The number of ether oxygens (including phenoxy) is 6. The highest BCUT2D eigenvalue weighted by atomic mass is 32.2. The molecule has 0 saturated carbocycles. The van der Waals surface area contributed by atoms with Gasteiger partial charge in [-0.25, -0.2) is 0 Å². The molecule has 0 unspecified atom stereocenters. The summed E-state index contributed by atoms with van der Waals surface area (Å²) in [5.74, 6) is -1.22. The minimum absolute atomic E-state index is 0.0772. The summed E-state index contributed by atoms with van der Waals surface area (Å²) in [6.07, 6.45) is -3.33. The van der Waals surface area contributed by atoms with Crippen LogP contribution in [0.5, 0.6) is 11.5 Å². The van der Waals surface area contributed by atoms with Crippen LogP contribution in [0.1, 0.15) is 38.8 Å². The Bertz CT molecular complexity index is 1270. The lowest BCUT2D eigenvalue weighted by Crippen LogP contribution is -2.66. The van der Waals surface area contributed by atoms with E-state index >= 15 is 0 Å². The molecular weight excluding hydrogens is 566 g/mol. The van der Waals surface area contributed by atoms with E-state index in [0.717, 1.165) is 10.5 Å². The molecule has 1 fully saturated rings. The predicted molar refractivity (Wildman–Crippen MR) is 153 cm³/mol.